The highest BCUT2D eigenvalue weighted by molar-refractivity contribution is 6.22. The zero-order valence-electron chi connectivity index (χ0n) is 11.2. The average Bonchev–Trinajstić information content (AvgIpc) is 2.51. The van der Waals surface area contributed by atoms with Crippen molar-refractivity contribution in [2.45, 2.75) is 0 Å². The molecular weight excluding hydrogens is 315 g/mol. The van der Waals surface area contributed by atoms with Gasteiger partial charge in [-0.2, -0.15) is 4.39 Å². The van der Waals surface area contributed by atoms with Crippen molar-refractivity contribution in [1.82, 2.24) is 9.97 Å². The van der Waals surface area contributed by atoms with Gasteiger partial charge >= 0.3 is 0 Å². The maximum absolute atomic E-state index is 13.6. The molecule has 0 atom stereocenters. The van der Waals surface area contributed by atoms with E-state index >= 15 is 0 Å². The van der Waals surface area contributed by atoms with E-state index in [1.54, 1.807) is 0 Å². The number of aromatic nitrogens is 2. The number of fused-ring (bicyclic) bond motifs is 6. The largest absolute Gasteiger partial charge is 0.251 e. The molecule has 0 aliphatic heterocycles. The molecule has 0 spiro atoms. The molecule has 0 N–H and O–H groups in total. The highest BCUT2D eigenvalue weighted by Crippen LogP contribution is 2.35. The van der Waals surface area contributed by atoms with Crippen LogP contribution in [-0.2, 0) is 0 Å². The molecule has 0 saturated heterocycles. The molecule has 0 fully saturated rings. The van der Waals surface area contributed by atoms with Crippen LogP contribution in [0.2, 0.25) is 0 Å². The maximum Gasteiger partial charge on any atom is 0.249 e. The molecule has 114 valence electrons. The van der Waals surface area contributed by atoms with Gasteiger partial charge in [-0.15, -0.1) is 0 Å². The second kappa shape index (κ2) is 4.58. The predicted molar refractivity (Wildman–Crippen MR) is 74.3 cm³/mol. The summed E-state index contributed by atoms with van der Waals surface area (Å²) in [4.78, 5) is 7.33. The van der Waals surface area contributed by atoms with E-state index < -0.39 is 29.2 Å². The summed E-state index contributed by atoms with van der Waals surface area (Å²) in [5.74, 6) is -5.59. The number of hydrogen-bond acceptors (Lipinski definition) is 2. The molecule has 0 aliphatic carbocycles. The molecule has 2 heterocycles. The minimum absolute atomic E-state index is 0.0580. The van der Waals surface area contributed by atoms with Crippen LogP contribution < -0.4 is 0 Å². The number of hydrogen-bond donors (Lipinski definition) is 0. The zero-order valence-corrected chi connectivity index (χ0v) is 11.2. The molecule has 7 heteroatoms. The maximum atomic E-state index is 13.6. The topological polar surface area (TPSA) is 25.8 Å². The summed E-state index contributed by atoms with van der Waals surface area (Å²) in [6.07, 6.45) is 0.885. The first-order chi connectivity index (χ1) is 11.0. The fraction of sp³-hybridized carbons (Fsp3) is 0. The molecule has 23 heavy (non-hydrogen) atoms. The van der Waals surface area contributed by atoms with Crippen LogP contribution in [0.5, 0.6) is 0 Å². The molecule has 2 aromatic heterocycles. The minimum atomic E-state index is -1.35. The smallest absolute Gasteiger partial charge is 0.249 e. The fourth-order valence-corrected chi connectivity index (χ4v) is 2.68. The Morgan fingerprint density at radius 3 is 1.83 bits per heavy atom. The van der Waals surface area contributed by atoms with Gasteiger partial charge < -0.3 is 0 Å². The fourth-order valence-electron chi connectivity index (χ4n) is 2.68. The van der Waals surface area contributed by atoms with Gasteiger partial charge in [0.15, 0.2) is 17.5 Å². The van der Waals surface area contributed by atoms with Crippen molar-refractivity contribution in [2.24, 2.45) is 0 Å². The SMILES string of the molecule is Fc1cnc2c(c1)c1cc(F)c(F)cc1c1cc(F)c(F)nc12. The van der Waals surface area contributed by atoms with E-state index in [4.69, 9.17) is 0 Å². The Bertz CT molecular complexity index is 1090. The van der Waals surface area contributed by atoms with Gasteiger partial charge in [-0.3, -0.25) is 4.98 Å². The van der Waals surface area contributed by atoms with Crippen LogP contribution in [0.3, 0.4) is 0 Å². The van der Waals surface area contributed by atoms with Crippen molar-refractivity contribution in [3.8, 4) is 0 Å². The second-order valence-electron chi connectivity index (χ2n) is 5.02. The molecule has 0 unspecified atom stereocenters. The lowest BCUT2D eigenvalue weighted by Crippen LogP contribution is -1.96. The molecule has 0 saturated carbocycles. The Morgan fingerprint density at radius 2 is 1.17 bits per heavy atom. The molecule has 2 aromatic carbocycles. The summed E-state index contributed by atoms with van der Waals surface area (Å²) < 4.78 is 67.7. The van der Waals surface area contributed by atoms with Crippen molar-refractivity contribution in [1.29, 1.82) is 0 Å². The Morgan fingerprint density at radius 1 is 0.609 bits per heavy atom. The number of nitrogens with zero attached hydrogens (tertiary/aromatic N) is 2. The highest BCUT2D eigenvalue weighted by Gasteiger charge is 2.17. The van der Waals surface area contributed by atoms with Crippen molar-refractivity contribution < 1.29 is 22.0 Å². The van der Waals surface area contributed by atoms with Crippen molar-refractivity contribution in [3.05, 3.63) is 59.7 Å². The molecule has 0 aliphatic rings. The van der Waals surface area contributed by atoms with Crippen LogP contribution in [0.15, 0.2) is 30.5 Å². The number of benzene rings is 2. The lowest BCUT2D eigenvalue weighted by molar-refractivity contribution is 0.484. The van der Waals surface area contributed by atoms with E-state index in [9.17, 15) is 22.0 Å². The molecule has 0 radical (unpaired) electrons. The van der Waals surface area contributed by atoms with Gasteiger partial charge in [-0.05, 0) is 35.0 Å². The third kappa shape index (κ3) is 1.93. The highest BCUT2D eigenvalue weighted by atomic mass is 19.2. The van der Waals surface area contributed by atoms with Crippen LogP contribution in [0.4, 0.5) is 22.0 Å². The Balaban J connectivity index is 2.39. The first-order valence-corrected chi connectivity index (χ1v) is 6.47. The van der Waals surface area contributed by atoms with E-state index in [-0.39, 0.29) is 32.6 Å². The standard InChI is InChI=1S/C16H5F5N2/c17-6-1-9-7-2-11(18)12(19)3-8(7)10-4-13(20)16(21)23-15(10)14(9)22-5-6/h1-5H. The van der Waals surface area contributed by atoms with Crippen LogP contribution in [0.1, 0.15) is 0 Å². The quantitative estimate of drug-likeness (QED) is 0.268. The molecule has 0 bridgehead atoms. The first-order valence-electron chi connectivity index (χ1n) is 6.47. The van der Waals surface area contributed by atoms with Crippen LogP contribution in [0, 0.1) is 29.2 Å². The minimum Gasteiger partial charge on any atom is -0.251 e. The number of pyridine rings is 2. The van der Waals surface area contributed by atoms with E-state index in [1.807, 2.05) is 0 Å². The van der Waals surface area contributed by atoms with E-state index in [0.29, 0.717) is 0 Å². The number of rotatable bonds is 0. The average molecular weight is 320 g/mol. The van der Waals surface area contributed by atoms with Crippen molar-refractivity contribution in [2.75, 3.05) is 0 Å². The zero-order chi connectivity index (χ0) is 16.3. The van der Waals surface area contributed by atoms with Crippen LogP contribution in [-0.4, -0.2) is 9.97 Å². The summed E-state index contributed by atoms with van der Waals surface area (Å²) in [5, 5.41) is 0.408. The Labute approximate surface area is 125 Å². The monoisotopic (exact) mass is 320 g/mol. The molecular formula is C16H5F5N2. The van der Waals surface area contributed by atoms with Crippen LogP contribution in [0.25, 0.3) is 32.6 Å². The summed E-state index contributed by atoms with van der Waals surface area (Å²) in [6, 6.07) is 3.61. The summed E-state index contributed by atoms with van der Waals surface area (Å²) in [7, 11) is 0. The van der Waals surface area contributed by atoms with Gasteiger partial charge in [-0.1, -0.05) is 0 Å². The van der Waals surface area contributed by atoms with E-state index in [0.717, 1.165) is 30.5 Å². The first kappa shape index (κ1) is 13.8. The van der Waals surface area contributed by atoms with Gasteiger partial charge in [-0.25, -0.2) is 22.5 Å². The van der Waals surface area contributed by atoms with E-state index in [1.165, 1.54) is 0 Å². The summed E-state index contributed by atoms with van der Waals surface area (Å²) in [5.41, 5.74) is 0.0104. The Kier molecular flexibility index (Phi) is 2.75. The van der Waals surface area contributed by atoms with Crippen molar-refractivity contribution >= 4 is 32.6 Å². The predicted octanol–water partition coefficient (Wildman–Crippen LogP) is 4.63. The molecule has 2 nitrogen and oxygen atoms in total. The van der Waals surface area contributed by atoms with Gasteiger partial charge in [0.05, 0.1) is 11.7 Å². The lowest BCUT2D eigenvalue weighted by atomic mass is 9.99. The third-order valence-corrected chi connectivity index (χ3v) is 3.65. The lowest BCUT2D eigenvalue weighted by Gasteiger charge is -2.10. The second-order valence-corrected chi connectivity index (χ2v) is 5.02. The van der Waals surface area contributed by atoms with Gasteiger partial charge in [0.25, 0.3) is 0 Å². The van der Waals surface area contributed by atoms with Gasteiger partial charge in [0, 0.05) is 10.8 Å². The Hall–Kier alpha value is -2.83. The van der Waals surface area contributed by atoms with Gasteiger partial charge in [0.2, 0.25) is 5.95 Å². The molecule has 4 rings (SSSR count). The van der Waals surface area contributed by atoms with E-state index in [2.05, 4.69) is 9.97 Å². The third-order valence-electron chi connectivity index (χ3n) is 3.65. The summed E-state index contributed by atoms with van der Waals surface area (Å²) >= 11 is 0. The summed E-state index contributed by atoms with van der Waals surface area (Å²) in [6.45, 7) is 0. The van der Waals surface area contributed by atoms with Crippen LogP contribution >= 0.6 is 0 Å². The molecule has 4 aromatic rings. The molecule has 0 amide bonds. The van der Waals surface area contributed by atoms with Crippen molar-refractivity contribution in [3.63, 3.8) is 0 Å². The normalized spacial score (nSPS) is 11.7. The van der Waals surface area contributed by atoms with Gasteiger partial charge in [0.1, 0.15) is 11.3 Å². The number of halogens is 5.